The molecule has 118 valence electrons. The van der Waals surface area contributed by atoms with Gasteiger partial charge in [0.25, 0.3) is 0 Å². The lowest BCUT2D eigenvalue weighted by molar-refractivity contribution is 0.356. The standard InChI is InChI=1S/C20H28N2/c1-6-21(4)15-22(5)20-13-16(2)19(12-17(20)3)14-18-10-8-7-9-11-18/h7-13H,6,14-15H2,1-5H3. The summed E-state index contributed by atoms with van der Waals surface area (Å²) in [7, 11) is 4.33. The number of nitrogens with zero attached hydrogens (tertiary/aromatic N) is 2. The number of rotatable bonds is 6. The summed E-state index contributed by atoms with van der Waals surface area (Å²) >= 11 is 0. The zero-order valence-corrected chi connectivity index (χ0v) is 14.6. The first kappa shape index (κ1) is 16.6. The van der Waals surface area contributed by atoms with Crippen molar-refractivity contribution in [2.24, 2.45) is 0 Å². The fourth-order valence-corrected chi connectivity index (χ4v) is 2.82. The van der Waals surface area contributed by atoms with Crippen LogP contribution in [0.1, 0.15) is 29.2 Å². The Kier molecular flexibility index (Phi) is 5.62. The monoisotopic (exact) mass is 296 g/mol. The summed E-state index contributed by atoms with van der Waals surface area (Å²) < 4.78 is 0. The molecule has 0 atom stereocenters. The molecule has 0 N–H and O–H groups in total. The molecule has 0 unspecified atom stereocenters. The van der Waals surface area contributed by atoms with Crippen LogP contribution in [0, 0.1) is 13.8 Å². The first-order valence-electron chi connectivity index (χ1n) is 8.05. The highest BCUT2D eigenvalue weighted by Gasteiger charge is 2.10. The summed E-state index contributed by atoms with van der Waals surface area (Å²) in [6.07, 6.45) is 1.01. The van der Waals surface area contributed by atoms with E-state index in [-0.39, 0.29) is 0 Å². The maximum absolute atomic E-state index is 2.35. The topological polar surface area (TPSA) is 6.48 Å². The van der Waals surface area contributed by atoms with Crippen LogP contribution >= 0.6 is 0 Å². The quantitative estimate of drug-likeness (QED) is 0.736. The van der Waals surface area contributed by atoms with Crippen molar-refractivity contribution in [2.75, 3.05) is 32.2 Å². The minimum absolute atomic E-state index is 0.953. The molecule has 2 aromatic carbocycles. The maximum Gasteiger partial charge on any atom is 0.0701 e. The lowest BCUT2D eigenvalue weighted by Crippen LogP contribution is -2.33. The van der Waals surface area contributed by atoms with Gasteiger partial charge in [0, 0.05) is 12.7 Å². The Bertz CT molecular complexity index is 605. The van der Waals surface area contributed by atoms with Crippen molar-refractivity contribution in [1.29, 1.82) is 0 Å². The molecule has 0 heterocycles. The smallest absolute Gasteiger partial charge is 0.0701 e. The van der Waals surface area contributed by atoms with Crippen molar-refractivity contribution in [3.05, 3.63) is 64.7 Å². The van der Waals surface area contributed by atoms with Gasteiger partial charge >= 0.3 is 0 Å². The van der Waals surface area contributed by atoms with Gasteiger partial charge in [0.2, 0.25) is 0 Å². The zero-order valence-electron chi connectivity index (χ0n) is 14.6. The van der Waals surface area contributed by atoms with Gasteiger partial charge in [0.1, 0.15) is 0 Å². The number of hydrogen-bond donors (Lipinski definition) is 0. The molecular weight excluding hydrogens is 268 g/mol. The lowest BCUT2D eigenvalue weighted by atomic mass is 9.97. The second kappa shape index (κ2) is 7.46. The van der Waals surface area contributed by atoms with E-state index in [2.05, 4.69) is 87.1 Å². The van der Waals surface area contributed by atoms with Gasteiger partial charge in [0.05, 0.1) is 6.67 Å². The normalized spacial score (nSPS) is 11.0. The Morgan fingerprint density at radius 3 is 2.23 bits per heavy atom. The van der Waals surface area contributed by atoms with E-state index in [1.54, 1.807) is 0 Å². The van der Waals surface area contributed by atoms with E-state index in [1.807, 2.05) is 0 Å². The Morgan fingerprint density at radius 1 is 0.909 bits per heavy atom. The highest BCUT2D eigenvalue weighted by Crippen LogP contribution is 2.25. The van der Waals surface area contributed by atoms with E-state index in [0.29, 0.717) is 0 Å². The van der Waals surface area contributed by atoms with Crippen LogP contribution in [-0.4, -0.2) is 32.2 Å². The van der Waals surface area contributed by atoms with Crippen molar-refractivity contribution >= 4 is 5.69 Å². The van der Waals surface area contributed by atoms with Crippen LogP contribution < -0.4 is 4.90 Å². The molecule has 0 fully saturated rings. The van der Waals surface area contributed by atoms with Gasteiger partial charge in [-0.2, -0.15) is 0 Å². The van der Waals surface area contributed by atoms with Crippen LogP contribution in [0.4, 0.5) is 5.69 Å². The fraction of sp³-hybridized carbons (Fsp3) is 0.400. The number of anilines is 1. The molecule has 0 aliphatic rings. The number of benzene rings is 2. The van der Waals surface area contributed by atoms with E-state index >= 15 is 0 Å². The average molecular weight is 296 g/mol. The van der Waals surface area contributed by atoms with Crippen molar-refractivity contribution in [3.63, 3.8) is 0 Å². The van der Waals surface area contributed by atoms with Crippen LogP contribution in [0.3, 0.4) is 0 Å². The summed E-state index contributed by atoms with van der Waals surface area (Å²) in [5, 5.41) is 0. The minimum atomic E-state index is 0.953. The number of aryl methyl sites for hydroxylation is 2. The molecule has 0 amide bonds. The summed E-state index contributed by atoms with van der Waals surface area (Å²) in [5.41, 5.74) is 6.84. The molecule has 0 aromatic heterocycles. The predicted octanol–water partition coefficient (Wildman–Crippen LogP) is 4.24. The lowest BCUT2D eigenvalue weighted by Gasteiger charge is -2.27. The Hall–Kier alpha value is -1.80. The first-order chi connectivity index (χ1) is 10.5. The SMILES string of the molecule is CCN(C)CN(C)c1cc(C)c(Cc2ccccc2)cc1C. The fourth-order valence-electron chi connectivity index (χ4n) is 2.82. The molecule has 0 saturated carbocycles. The van der Waals surface area contributed by atoms with Crippen LogP contribution in [0.25, 0.3) is 0 Å². The Labute approximate surface area is 135 Å². The summed E-state index contributed by atoms with van der Waals surface area (Å²) in [6.45, 7) is 8.64. The molecule has 0 aliphatic heterocycles. The third-order valence-electron chi connectivity index (χ3n) is 4.30. The van der Waals surface area contributed by atoms with Gasteiger partial charge < -0.3 is 4.90 Å². The van der Waals surface area contributed by atoms with Crippen LogP contribution in [0.15, 0.2) is 42.5 Å². The third-order valence-corrected chi connectivity index (χ3v) is 4.30. The Morgan fingerprint density at radius 2 is 1.59 bits per heavy atom. The molecule has 2 nitrogen and oxygen atoms in total. The molecule has 2 heteroatoms. The third kappa shape index (κ3) is 4.11. The largest absolute Gasteiger partial charge is 0.361 e. The molecule has 0 saturated heterocycles. The predicted molar refractivity (Wildman–Crippen MR) is 96.7 cm³/mol. The van der Waals surface area contributed by atoms with Gasteiger partial charge in [-0.1, -0.05) is 43.3 Å². The van der Waals surface area contributed by atoms with E-state index < -0.39 is 0 Å². The van der Waals surface area contributed by atoms with Gasteiger partial charge in [-0.15, -0.1) is 0 Å². The van der Waals surface area contributed by atoms with E-state index in [4.69, 9.17) is 0 Å². The average Bonchev–Trinajstić information content (AvgIpc) is 2.51. The zero-order chi connectivity index (χ0) is 16.1. The van der Waals surface area contributed by atoms with Gasteiger partial charge in [-0.05, 0) is 62.2 Å². The number of hydrogen-bond acceptors (Lipinski definition) is 2. The summed E-state index contributed by atoms with van der Waals surface area (Å²) in [5.74, 6) is 0. The highest BCUT2D eigenvalue weighted by atomic mass is 15.3. The van der Waals surface area contributed by atoms with Crippen molar-refractivity contribution in [1.82, 2.24) is 4.90 Å². The van der Waals surface area contributed by atoms with Gasteiger partial charge in [0.15, 0.2) is 0 Å². The van der Waals surface area contributed by atoms with Crippen LogP contribution in [0.5, 0.6) is 0 Å². The maximum atomic E-state index is 2.35. The molecule has 22 heavy (non-hydrogen) atoms. The molecule has 2 rings (SSSR count). The van der Waals surface area contributed by atoms with Crippen molar-refractivity contribution < 1.29 is 0 Å². The summed E-state index contributed by atoms with van der Waals surface area (Å²) in [4.78, 5) is 4.64. The molecular formula is C20H28N2. The van der Waals surface area contributed by atoms with Crippen LogP contribution in [0.2, 0.25) is 0 Å². The minimum Gasteiger partial charge on any atom is -0.361 e. The molecule has 2 aromatic rings. The molecule has 0 bridgehead atoms. The molecule has 0 radical (unpaired) electrons. The van der Waals surface area contributed by atoms with E-state index in [9.17, 15) is 0 Å². The Balaban J connectivity index is 2.21. The first-order valence-corrected chi connectivity index (χ1v) is 8.05. The van der Waals surface area contributed by atoms with Crippen molar-refractivity contribution in [3.8, 4) is 0 Å². The van der Waals surface area contributed by atoms with Crippen molar-refractivity contribution in [2.45, 2.75) is 27.2 Å². The summed E-state index contributed by atoms with van der Waals surface area (Å²) in [6, 6.07) is 15.4. The van der Waals surface area contributed by atoms with Crippen LogP contribution in [-0.2, 0) is 6.42 Å². The second-order valence-corrected chi connectivity index (χ2v) is 6.24. The van der Waals surface area contributed by atoms with Gasteiger partial charge in [-0.25, -0.2) is 0 Å². The highest BCUT2D eigenvalue weighted by molar-refractivity contribution is 5.57. The molecule has 0 spiro atoms. The molecule has 0 aliphatic carbocycles. The van der Waals surface area contributed by atoms with Gasteiger partial charge in [-0.3, -0.25) is 4.90 Å². The second-order valence-electron chi connectivity index (χ2n) is 6.24. The van der Waals surface area contributed by atoms with E-state index in [1.165, 1.54) is 27.9 Å². The van der Waals surface area contributed by atoms with E-state index in [0.717, 1.165) is 19.6 Å².